The Balaban J connectivity index is 1.62. The third kappa shape index (κ3) is 3.31. The van der Waals surface area contributed by atoms with Crippen LogP contribution in [0.25, 0.3) is 10.4 Å². The molecule has 1 amide bonds. The molecule has 2 aliphatic heterocycles. The van der Waals surface area contributed by atoms with E-state index in [0.717, 1.165) is 35.5 Å². The molecule has 1 aromatic carbocycles. The van der Waals surface area contributed by atoms with Gasteiger partial charge in [0.1, 0.15) is 6.61 Å². The second-order valence-corrected chi connectivity index (χ2v) is 8.54. The van der Waals surface area contributed by atoms with E-state index in [2.05, 4.69) is 31.0 Å². The summed E-state index contributed by atoms with van der Waals surface area (Å²) in [5.74, 6) is 0.931. The van der Waals surface area contributed by atoms with Gasteiger partial charge in [0, 0.05) is 28.4 Å². The molecule has 1 atom stereocenters. The second kappa shape index (κ2) is 6.93. The first-order chi connectivity index (χ1) is 12.5. The molecule has 4 rings (SSSR count). The molecule has 3 heterocycles. The van der Waals surface area contributed by atoms with E-state index in [0.29, 0.717) is 25.4 Å². The highest BCUT2D eigenvalue weighted by atomic mass is 32.1. The Kier molecular flexibility index (Phi) is 4.63. The summed E-state index contributed by atoms with van der Waals surface area (Å²) in [6.45, 7) is 5.31. The lowest BCUT2D eigenvalue weighted by Gasteiger charge is -2.23. The number of fused-ring (bicyclic) bond motifs is 1. The summed E-state index contributed by atoms with van der Waals surface area (Å²) >= 11 is 1.70. The third-order valence-electron chi connectivity index (χ3n) is 5.19. The van der Waals surface area contributed by atoms with Gasteiger partial charge < -0.3 is 19.6 Å². The number of carbonyl (C=O) groups is 1. The molecule has 0 unspecified atom stereocenters. The molecule has 5 nitrogen and oxygen atoms in total. The average molecular weight is 372 g/mol. The third-order valence-corrected chi connectivity index (χ3v) is 6.24. The first kappa shape index (κ1) is 17.4. The number of hydrogen-bond acceptors (Lipinski definition) is 5. The van der Waals surface area contributed by atoms with E-state index in [1.807, 2.05) is 11.0 Å². The number of rotatable bonds is 2. The standard InChI is InChI=1S/C20H24N2O3S/c1-13-3-4-18(26-13)15-9-16-12-22(7-8-25-19(16)17(23)10-15)20(24)14-5-6-21(2)11-14/h3-4,9-10,14,23H,5-8,11-12H2,1-2H3/t14-/m1/s1. The number of benzene rings is 1. The van der Waals surface area contributed by atoms with Gasteiger partial charge in [-0.05, 0) is 56.8 Å². The van der Waals surface area contributed by atoms with Crippen LogP contribution in [0.4, 0.5) is 0 Å². The van der Waals surface area contributed by atoms with E-state index in [9.17, 15) is 9.90 Å². The lowest BCUT2D eigenvalue weighted by Crippen LogP contribution is -2.38. The summed E-state index contributed by atoms with van der Waals surface area (Å²) in [4.78, 5) is 19.4. The number of phenols is 1. The van der Waals surface area contributed by atoms with Crippen LogP contribution >= 0.6 is 11.3 Å². The van der Waals surface area contributed by atoms with Crippen molar-refractivity contribution in [1.29, 1.82) is 0 Å². The Morgan fingerprint density at radius 2 is 2.15 bits per heavy atom. The van der Waals surface area contributed by atoms with Crippen molar-refractivity contribution in [2.45, 2.75) is 19.9 Å². The van der Waals surface area contributed by atoms with Crippen LogP contribution in [0.5, 0.6) is 11.5 Å². The van der Waals surface area contributed by atoms with Crippen LogP contribution in [0.1, 0.15) is 16.9 Å². The minimum absolute atomic E-state index is 0.0678. The summed E-state index contributed by atoms with van der Waals surface area (Å²) < 4.78 is 5.79. The van der Waals surface area contributed by atoms with Gasteiger partial charge in [-0.1, -0.05) is 0 Å². The van der Waals surface area contributed by atoms with E-state index in [4.69, 9.17) is 4.74 Å². The van der Waals surface area contributed by atoms with Crippen molar-refractivity contribution in [3.8, 4) is 21.9 Å². The van der Waals surface area contributed by atoms with Gasteiger partial charge in [-0.3, -0.25) is 4.79 Å². The topological polar surface area (TPSA) is 53.0 Å². The summed E-state index contributed by atoms with van der Waals surface area (Å²) in [5.41, 5.74) is 1.85. The maximum Gasteiger partial charge on any atom is 0.227 e. The number of hydrogen-bond donors (Lipinski definition) is 1. The van der Waals surface area contributed by atoms with Crippen molar-refractivity contribution in [3.05, 3.63) is 34.7 Å². The van der Waals surface area contributed by atoms with Crippen LogP contribution in [-0.2, 0) is 11.3 Å². The fourth-order valence-corrected chi connectivity index (χ4v) is 4.67. The van der Waals surface area contributed by atoms with Crippen LogP contribution in [0.3, 0.4) is 0 Å². The molecule has 26 heavy (non-hydrogen) atoms. The fraction of sp³-hybridized carbons (Fsp3) is 0.450. The van der Waals surface area contributed by atoms with Crippen molar-refractivity contribution in [3.63, 3.8) is 0 Å². The van der Waals surface area contributed by atoms with E-state index in [-0.39, 0.29) is 17.6 Å². The molecule has 2 aromatic rings. The zero-order valence-corrected chi connectivity index (χ0v) is 16.0. The van der Waals surface area contributed by atoms with Crippen molar-refractivity contribution in [2.24, 2.45) is 5.92 Å². The highest BCUT2D eigenvalue weighted by Crippen LogP contribution is 2.39. The predicted octanol–water partition coefficient (Wildman–Crippen LogP) is 3.10. The van der Waals surface area contributed by atoms with Crippen LogP contribution in [0, 0.1) is 12.8 Å². The van der Waals surface area contributed by atoms with Crippen LogP contribution in [0.15, 0.2) is 24.3 Å². The minimum Gasteiger partial charge on any atom is -0.504 e. The molecule has 0 radical (unpaired) electrons. The van der Waals surface area contributed by atoms with Crippen LogP contribution in [-0.4, -0.2) is 54.1 Å². The second-order valence-electron chi connectivity index (χ2n) is 7.25. The SMILES string of the molecule is Cc1ccc(-c2cc(O)c3c(c2)CN(C(=O)[C@@H]2CCN(C)C2)CCO3)s1. The first-order valence-corrected chi connectivity index (χ1v) is 9.86. The van der Waals surface area contributed by atoms with E-state index < -0.39 is 0 Å². The Labute approximate surface area is 157 Å². The number of amides is 1. The summed E-state index contributed by atoms with van der Waals surface area (Å²) in [6.07, 6.45) is 0.916. The number of nitrogens with zero attached hydrogens (tertiary/aromatic N) is 2. The molecule has 1 fully saturated rings. The molecular formula is C20H24N2O3S. The molecular weight excluding hydrogens is 348 g/mol. The summed E-state index contributed by atoms with van der Waals surface area (Å²) in [5, 5.41) is 10.5. The number of aromatic hydroxyl groups is 1. The van der Waals surface area contributed by atoms with Gasteiger partial charge in [0.2, 0.25) is 5.91 Å². The van der Waals surface area contributed by atoms with Crippen LogP contribution < -0.4 is 4.74 Å². The Hall–Kier alpha value is -2.05. The minimum atomic E-state index is 0.0678. The number of thiophene rings is 1. The van der Waals surface area contributed by atoms with Crippen LogP contribution in [0.2, 0.25) is 0 Å². The van der Waals surface area contributed by atoms with E-state index in [1.165, 1.54) is 4.88 Å². The highest BCUT2D eigenvalue weighted by Gasteiger charge is 2.31. The van der Waals surface area contributed by atoms with Gasteiger partial charge in [-0.25, -0.2) is 0 Å². The zero-order chi connectivity index (χ0) is 18.3. The zero-order valence-electron chi connectivity index (χ0n) is 15.2. The Bertz CT molecular complexity index is 832. The normalized spacial score (nSPS) is 20.5. The number of aryl methyl sites for hydroxylation is 1. The predicted molar refractivity (Wildman–Crippen MR) is 103 cm³/mol. The monoisotopic (exact) mass is 372 g/mol. The molecule has 0 spiro atoms. The van der Waals surface area contributed by atoms with Crippen molar-refractivity contribution < 1.29 is 14.6 Å². The number of phenolic OH excluding ortho intramolecular Hbond substituents is 1. The summed E-state index contributed by atoms with van der Waals surface area (Å²) in [6, 6.07) is 7.95. The van der Waals surface area contributed by atoms with Crippen molar-refractivity contribution in [1.82, 2.24) is 9.80 Å². The molecule has 138 valence electrons. The van der Waals surface area contributed by atoms with Gasteiger partial charge in [-0.15, -0.1) is 11.3 Å². The first-order valence-electron chi connectivity index (χ1n) is 9.04. The lowest BCUT2D eigenvalue weighted by molar-refractivity contribution is -0.135. The quantitative estimate of drug-likeness (QED) is 0.880. The molecule has 2 aliphatic rings. The average Bonchev–Trinajstić information content (AvgIpc) is 3.17. The summed E-state index contributed by atoms with van der Waals surface area (Å²) in [7, 11) is 2.06. The molecule has 0 aliphatic carbocycles. The van der Waals surface area contributed by atoms with Gasteiger partial charge >= 0.3 is 0 Å². The van der Waals surface area contributed by atoms with Crippen molar-refractivity contribution >= 4 is 17.2 Å². The molecule has 1 saturated heterocycles. The van der Waals surface area contributed by atoms with E-state index in [1.54, 1.807) is 17.4 Å². The van der Waals surface area contributed by atoms with Gasteiger partial charge in [0.25, 0.3) is 0 Å². The molecule has 0 saturated carbocycles. The van der Waals surface area contributed by atoms with Gasteiger partial charge in [0.05, 0.1) is 12.5 Å². The molecule has 6 heteroatoms. The van der Waals surface area contributed by atoms with Gasteiger partial charge in [-0.2, -0.15) is 0 Å². The molecule has 0 bridgehead atoms. The highest BCUT2D eigenvalue weighted by molar-refractivity contribution is 7.15. The Morgan fingerprint density at radius 3 is 2.85 bits per heavy atom. The Morgan fingerprint density at radius 1 is 1.31 bits per heavy atom. The molecule has 1 N–H and O–H groups in total. The van der Waals surface area contributed by atoms with E-state index >= 15 is 0 Å². The van der Waals surface area contributed by atoms with Crippen molar-refractivity contribution in [2.75, 3.05) is 33.3 Å². The smallest absolute Gasteiger partial charge is 0.227 e. The maximum atomic E-state index is 12.9. The lowest BCUT2D eigenvalue weighted by atomic mass is 10.0. The molecule has 1 aromatic heterocycles. The number of carbonyl (C=O) groups excluding carboxylic acids is 1. The maximum absolute atomic E-state index is 12.9. The largest absolute Gasteiger partial charge is 0.504 e. The fourth-order valence-electron chi connectivity index (χ4n) is 3.81. The number of likely N-dealkylation sites (tertiary alicyclic amines) is 1. The number of ether oxygens (including phenoxy) is 1. The van der Waals surface area contributed by atoms with Gasteiger partial charge in [0.15, 0.2) is 11.5 Å².